The molecule has 2 saturated heterocycles. The van der Waals surface area contributed by atoms with Crippen molar-refractivity contribution in [3.05, 3.63) is 41.5 Å². The first-order valence-corrected chi connectivity index (χ1v) is 13.2. The second-order valence-corrected chi connectivity index (χ2v) is 10.6. The molecule has 236 valence electrons. The minimum Gasteiger partial charge on any atom is -0.507 e. The number of hydrogen-bond acceptors (Lipinski definition) is 16. The van der Waals surface area contributed by atoms with Crippen molar-refractivity contribution < 1.29 is 79.5 Å². The van der Waals surface area contributed by atoms with E-state index in [4.69, 9.17) is 23.7 Å². The Morgan fingerprint density at radius 3 is 2.12 bits per heavy atom. The number of phenolic OH excluding ortho intramolecular Hbond substituents is 3. The van der Waals surface area contributed by atoms with Crippen LogP contribution in [-0.4, -0.2) is 131 Å². The molecule has 2 aromatic carbocycles. The van der Waals surface area contributed by atoms with Crippen LogP contribution in [0, 0.1) is 0 Å². The monoisotopic (exact) mass is 612 g/mol. The summed E-state index contributed by atoms with van der Waals surface area (Å²) in [4.78, 5) is 12.9. The normalized spacial score (nSPS) is 37.8. The van der Waals surface area contributed by atoms with Crippen LogP contribution in [0.4, 0.5) is 0 Å². The van der Waals surface area contributed by atoms with E-state index >= 15 is 0 Å². The largest absolute Gasteiger partial charge is 0.507 e. The molecule has 3 aliphatic heterocycles. The third-order valence-electron chi connectivity index (χ3n) is 7.59. The van der Waals surface area contributed by atoms with E-state index in [1.54, 1.807) is 0 Å². The standard InChI is InChI=1S/C27H32O16/c1-8-17(31)20(34)23(37)26(40-8)39-7-15-18(32)21(35)24(38)27(43-15)41-10-5-13(30)16-14(6-10)42-25(22(36)19(16)33)9-2-3-11(28)12(29)4-9/h2-6,8,15,17-18,20-32,34-38H,7H2,1H3/t8-,15+,17-,18+,20+,21-,22-,23+,24+,25+,26+,27+/m0/s1. The summed E-state index contributed by atoms with van der Waals surface area (Å²) in [5.74, 6) is -3.00. The molecular weight excluding hydrogens is 580 g/mol. The summed E-state index contributed by atoms with van der Waals surface area (Å²) in [7, 11) is 0. The van der Waals surface area contributed by atoms with Crippen molar-refractivity contribution in [1.29, 1.82) is 0 Å². The zero-order chi connectivity index (χ0) is 31.3. The third kappa shape index (κ3) is 5.82. The van der Waals surface area contributed by atoms with Crippen molar-refractivity contribution in [1.82, 2.24) is 0 Å². The third-order valence-corrected chi connectivity index (χ3v) is 7.59. The summed E-state index contributed by atoms with van der Waals surface area (Å²) >= 11 is 0. The predicted molar refractivity (Wildman–Crippen MR) is 137 cm³/mol. The molecule has 0 saturated carbocycles. The molecule has 43 heavy (non-hydrogen) atoms. The second kappa shape index (κ2) is 12.0. The van der Waals surface area contributed by atoms with Crippen molar-refractivity contribution in [3.63, 3.8) is 0 Å². The number of fused-ring (bicyclic) bond motifs is 1. The fourth-order valence-corrected chi connectivity index (χ4v) is 5.07. The Balaban J connectivity index is 1.33. The van der Waals surface area contributed by atoms with Crippen molar-refractivity contribution in [3.8, 4) is 28.7 Å². The average molecular weight is 613 g/mol. The molecule has 0 unspecified atom stereocenters. The van der Waals surface area contributed by atoms with Gasteiger partial charge < -0.3 is 74.7 Å². The molecule has 0 amide bonds. The SMILES string of the molecule is C[C@@H]1O[C@@H](OC[C@H]2O[C@@H](Oc3cc(O)c4c(c3)O[C@H](c3ccc(O)c(O)c3)[C@@H](O)C4=O)[C@H](O)[C@@H](O)[C@@H]2O)[C@H](O)[C@H](O)[C@H]1O. The quantitative estimate of drug-likeness (QED) is 0.151. The van der Waals surface area contributed by atoms with E-state index in [-0.39, 0.29) is 22.6 Å². The van der Waals surface area contributed by atoms with E-state index in [0.29, 0.717) is 0 Å². The molecule has 16 heteroatoms. The number of phenols is 3. The van der Waals surface area contributed by atoms with Crippen LogP contribution in [0.2, 0.25) is 0 Å². The van der Waals surface area contributed by atoms with E-state index in [2.05, 4.69) is 0 Å². The zero-order valence-electron chi connectivity index (χ0n) is 22.4. The molecule has 3 heterocycles. The lowest BCUT2D eigenvalue weighted by atomic mass is 9.92. The van der Waals surface area contributed by atoms with Crippen molar-refractivity contribution in [2.45, 2.75) is 80.5 Å². The van der Waals surface area contributed by atoms with Gasteiger partial charge in [-0.25, -0.2) is 0 Å². The van der Waals surface area contributed by atoms with Gasteiger partial charge in [-0.3, -0.25) is 4.79 Å². The maximum absolute atomic E-state index is 12.9. The summed E-state index contributed by atoms with van der Waals surface area (Å²) in [5.41, 5.74) is -0.249. The Morgan fingerprint density at radius 2 is 1.42 bits per heavy atom. The van der Waals surface area contributed by atoms with Gasteiger partial charge in [-0.05, 0) is 24.6 Å². The number of ketones is 1. The summed E-state index contributed by atoms with van der Waals surface area (Å²) < 4.78 is 27.7. The van der Waals surface area contributed by atoms with Crippen molar-refractivity contribution in [2.75, 3.05) is 6.61 Å². The minimum absolute atomic E-state index is 0.127. The predicted octanol–water partition coefficient (Wildman–Crippen LogP) is -2.49. The van der Waals surface area contributed by atoms with E-state index in [1.165, 1.54) is 13.0 Å². The number of rotatable bonds is 6. The number of Topliss-reactive ketones (excluding diaryl/α,β-unsaturated/α-hetero) is 1. The van der Waals surface area contributed by atoms with Crippen LogP contribution in [-0.2, 0) is 14.2 Å². The van der Waals surface area contributed by atoms with Gasteiger partial charge in [-0.2, -0.15) is 0 Å². The fraction of sp³-hybridized carbons (Fsp3) is 0.519. The maximum atomic E-state index is 12.9. The van der Waals surface area contributed by atoms with Gasteiger partial charge in [0.2, 0.25) is 12.1 Å². The molecule has 0 spiro atoms. The molecular formula is C27H32O16. The van der Waals surface area contributed by atoms with Gasteiger partial charge >= 0.3 is 0 Å². The van der Waals surface area contributed by atoms with Gasteiger partial charge in [0.1, 0.15) is 65.5 Å². The highest BCUT2D eigenvalue weighted by atomic mass is 16.7. The van der Waals surface area contributed by atoms with Crippen LogP contribution in [0.5, 0.6) is 28.7 Å². The van der Waals surface area contributed by atoms with Gasteiger partial charge in [-0.15, -0.1) is 0 Å². The van der Waals surface area contributed by atoms with E-state index in [0.717, 1.165) is 24.3 Å². The average Bonchev–Trinajstić information content (AvgIpc) is 2.97. The molecule has 2 fully saturated rings. The lowest BCUT2D eigenvalue weighted by Crippen LogP contribution is -2.61. The molecule has 0 radical (unpaired) electrons. The highest BCUT2D eigenvalue weighted by Gasteiger charge is 2.48. The Labute approximate surface area is 243 Å². The van der Waals surface area contributed by atoms with Crippen LogP contribution in [0.3, 0.4) is 0 Å². The lowest BCUT2D eigenvalue weighted by molar-refractivity contribution is -0.318. The van der Waals surface area contributed by atoms with Gasteiger partial charge in [0, 0.05) is 12.1 Å². The molecule has 16 nitrogen and oxygen atoms in total. The number of carbonyl (C=O) groups is 1. The first-order chi connectivity index (χ1) is 20.3. The summed E-state index contributed by atoms with van der Waals surface area (Å²) in [5, 5.41) is 102. The van der Waals surface area contributed by atoms with Crippen molar-refractivity contribution >= 4 is 5.78 Å². The van der Waals surface area contributed by atoms with Gasteiger partial charge in [0.05, 0.1) is 12.7 Å². The first kappa shape index (κ1) is 31.1. The van der Waals surface area contributed by atoms with Gasteiger partial charge in [0.25, 0.3) is 0 Å². The minimum atomic E-state index is -1.82. The molecule has 0 aromatic heterocycles. The topological polar surface area (TPSA) is 266 Å². The highest BCUT2D eigenvalue weighted by Crippen LogP contribution is 2.43. The number of hydrogen-bond donors (Lipinski definition) is 10. The van der Waals surface area contributed by atoms with Crippen LogP contribution in [0.15, 0.2) is 30.3 Å². The molecule has 0 bridgehead atoms. The van der Waals surface area contributed by atoms with E-state index in [1.807, 2.05) is 0 Å². The Hall–Kier alpha value is -3.29. The van der Waals surface area contributed by atoms with Gasteiger partial charge in [-0.1, -0.05) is 6.07 Å². The fourth-order valence-electron chi connectivity index (χ4n) is 5.07. The number of aliphatic hydroxyl groups is 7. The van der Waals surface area contributed by atoms with E-state index < -0.39 is 103 Å². The highest BCUT2D eigenvalue weighted by molar-refractivity contribution is 6.05. The zero-order valence-corrected chi connectivity index (χ0v) is 22.4. The molecule has 2 aromatic rings. The summed E-state index contributed by atoms with van der Waals surface area (Å²) in [6.07, 6.45) is -18.5. The Kier molecular flexibility index (Phi) is 8.70. The number of ether oxygens (including phenoxy) is 5. The van der Waals surface area contributed by atoms with E-state index in [9.17, 15) is 55.9 Å². The summed E-state index contributed by atoms with van der Waals surface area (Å²) in [6.45, 7) is 0.906. The molecule has 12 atom stereocenters. The van der Waals surface area contributed by atoms with Crippen LogP contribution in [0.1, 0.15) is 28.9 Å². The molecule has 5 rings (SSSR count). The van der Waals surface area contributed by atoms with Gasteiger partial charge in [0.15, 0.2) is 30.0 Å². The number of aliphatic hydroxyl groups excluding tert-OH is 7. The molecule has 10 N–H and O–H groups in total. The van der Waals surface area contributed by atoms with Crippen molar-refractivity contribution in [2.24, 2.45) is 0 Å². The van der Waals surface area contributed by atoms with Crippen LogP contribution >= 0.6 is 0 Å². The smallest absolute Gasteiger partial charge is 0.229 e. The molecule has 3 aliphatic rings. The summed E-state index contributed by atoms with van der Waals surface area (Å²) in [6, 6.07) is 5.64. The second-order valence-electron chi connectivity index (χ2n) is 10.6. The van der Waals surface area contributed by atoms with Crippen LogP contribution in [0.25, 0.3) is 0 Å². The lowest BCUT2D eigenvalue weighted by Gasteiger charge is -2.42. The Bertz CT molecular complexity index is 1340. The number of benzene rings is 2. The maximum Gasteiger partial charge on any atom is 0.229 e. The number of aromatic hydroxyl groups is 3. The number of carbonyl (C=O) groups excluding carboxylic acids is 1. The van der Waals surface area contributed by atoms with Crippen LogP contribution < -0.4 is 9.47 Å². The Morgan fingerprint density at radius 1 is 0.744 bits per heavy atom. The first-order valence-electron chi connectivity index (χ1n) is 13.2. The molecule has 0 aliphatic carbocycles.